The molecule has 1 aliphatic rings. The number of rotatable bonds is 2. The van der Waals surface area contributed by atoms with Gasteiger partial charge in [0.2, 0.25) is 0 Å². The molecule has 16 heavy (non-hydrogen) atoms. The first kappa shape index (κ1) is 11.6. The molecule has 1 unspecified atom stereocenters. The van der Waals surface area contributed by atoms with Crippen LogP contribution in [0.5, 0.6) is 0 Å². The Kier molecular flexibility index (Phi) is 3.06. The number of hydrogen-bond acceptors (Lipinski definition) is 3. The number of nitrogens with zero attached hydrogens (tertiary/aromatic N) is 1. The fraction of sp³-hybridized carbons (Fsp3) is 0.636. The molecule has 0 radical (unpaired) electrons. The van der Waals surface area contributed by atoms with Gasteiger partial charge in [0.1, 0.15) is 10.3 Å². The first-order chi connectivity index (χ1) is 7.48. The van der Waals surface area contributed by atoms with Gasteiger partial charge in [-0.15, -0.1) is 0 Å². The molecule has 0 aromatic carbocycles. The molecule has 1 saturated carbocycles. The highest BCUT2D eigenvalue weighted by molar-refractivity contribution is 9.10. The van der Waals surface area contributed by atoms with Crippen molar-refractivity contribution in [3.05, 3.63) is 21.2 Å². The smallest absolute Gasteiger partial charge is 0.267 e. The molecule has 1 aliphatic carbocycles. The van der Waals surface area contributed by atoms with Crippen LogP contribution in [0.3, 0.4) is 0 Å². The number of nitrogens with one attached hydrogen (secondary N) is 2. The van der Waals surface area contributed by atoms with E-state index >= 15 is 0 Å². The molecule has 0 spiro atoms. The summed E-state index contributed by atoms with van der Waals surface area (Å²) >= 11 is 3.25. The van der Waals surface area contributed by atoms with Crippen molar-refractivity contribution in [3.63, 3.8) is 0 Å². The highest BCUT2D eigenvalue weighted by Crippen LogP contribution is 2.38. The molecular formula is C11H16BrN3O. The van der Waals surface area contributed by atoms with E-state index in [1.165, 1.54) is 12.7 Å². The van der Waals surface area contributed by atoms with Crippen molar-refractivity contribution in [1.29, 1.82) is 0 Å². The number of H-pyrrole nitrogens is 1. The minimum absolute atomic E-state index is 0.144. The lowest BCUT2D eigenvalue weighted by Gasteiger charge is -2.18. The number of anilines is 1. The fourth-order valence-electron chi connectivity index (χ4n) is 2.24. The van der Waals surface area contributed by atoms with Gasteiger partial charge in [-0.1, -0.05) is 13.8 Å². The number of halogens is 1. The van der Waals surface area contributed by atoms with E-state index in [2.05, 4.69) is 45.1 Å². The van der Waals surface area contributed by atoms with Crippen LogP contribution in [0.15, 0.2) is 15.6 Å². The largest absolute Gasteiger partial charge is 0.366 e. The summed E-state index contributed by atoms with van der Waals surface area (Å²) in [6.45, 7) is 4.55. The van der Waals surface area contributed by atoms with Gasteiger partial charge in [-0.25, -0.2) is 4.98 Å². The zero-order valence-corrected chi connectivity index (χ0v) is 11.1. The van der Waals surface area contributed by atoms with Crippen molar-refractivity contribution in [2.75, 3.05) is 5.32 Å². The van der Waals surface area contributed by atoms with Gasteiger partial charge in [0.25, 0.3) is 5.56 Å². The maximum absolute atomic E-state index is 11.4. The van der Waals surface area contributed by atoms with Crippen molar-refractivity contribution in [2.45, 2.75) is 39.2 Å². The second-order valence-electron chi connectivity index (χ2n) is 5.14. The summed E-state index contributed by atoms with van der Waals surface area (Å²) in [7, 11) is 0. The van der Waals surface area contributed by atoms with Crippen molar-refractivity contribution in [3.8, 4) is 0 Å². The van der Waals surface area contributed by atoms with E-state index in [0.717, 1.165) is 12.8 Å². The number of hydrogen-bond donors (Lipinski definition) is 2. The Labute approximate surface area is 103 Å². The predicted molar refractivity (Wildman–Crippen MR) is 67.6 cm³/mol. The number of aromatic amines is 1. The normalized spacial score (nSPS) is 23.3. The Morgan fingerprint density at radius 1 is 1.62 bits per heavy atom. The lowest BCUT2D eigenvalue weighted by Crippen LogP contribution is -2.21. The van der Waals surface area contributed by atoms with E-state index in [9.17, 15) is 4.79 Å². The van der Waals surface area contributed by atoms with Crippen molar-refractivity contribution < 1.29 is 0 Å². The van der Waals surface area contributed by atoms with Crippen molar-refractivity contribution in [1.82, 2.24) is 9.97 Å². The summed E-state index contributed by atoms with van der Waals surface area (Å²) < 4.78 is 0.486. The van der Waals surface area contributed by atoms with Gasteiger partial charge in [0.05, 0.1) is 6.33 Å². The van der Waals surface area contributed by atoms with Crippen LogP contribution in [0.1, 0.15) is 33.1 Å². The molecule has 1 fully saturated rings. The van der Waals surface area contributed by atoms with E-state index in [4.69, 9.17) is 0 Å². The van der Waals surface area contributed by atoms with Gasteiger partial charge in [0, 0.05) is 6.04 Å². The minimum Gasteiger partial charge on any atom is -0.366 e. The zero-order chi connectivity index (χ0) is 11.8. The first-order valence-electron chi connectivity index (χ1n) is 5.48. The van der Waals surface area contributed by atoms with Gasteiger partial charge in [0.15, 0.2) is 0 Å². The summed E-state index contributed by atoms with van der Waals surface area (Å²) in [4.78, 5) is 18.0. The molecule has 1 aromatic heterocycles. The Hall–Kier alpha value is -0.840. The maximum Gasteiger partial charge on any atom is 0.267 e. The van der Waals surface area contributed by atoms with Crippen LogP contribution >= 0.6 is 15.9 Å². The van der Waals surface area contributed by atoms with Gasteiger partial charge in [-0.05, 0) is 40.6 Å². The highest BCUT2D eigenvalue weighted by atomic mass is 79.9. The standard InChI is InChI=1S/C11H16BrN3O/c1-11(2)4-3-7(5-11)15-9-8(12)10(16)14-6-13-9/h6-7H,3-5H2,1-2H3,(H2,13,14,15,16). The van der Waals surface area contributed by atoms with E-state index in [-0.39, 0.29) is 5.56 Å². The van der Waals surface area contributed by atoms with Crippen LogP contribution in [0.4, 0.5) is 5.82 Å². The van der Waals surface area contributed by atoms with Crippen LogP contribution in [-0.4, -0.2) is 16.0 Å². The zero-order valence-electron chi connectivity index (χ0n) is 9.51. The van der Waals surface area contributed by atoms with Crippen LogP contribution < -0.4 is 10.9 Å². The Morgan fingerprint density at radius 2 is 2.38 bits per heavy atom. The van der Waals surface area contributed by atoms with E-state index in [1.54, 1.807) is 0 Å². The van der Waals surface area contributed by atoms with Crippen LogP contribution in [-0.2, 0) is 0 Å². The average molecular weight is 286 g/mol. The third-order valence-corrected chi connectivity index (χ3v) is 3.84. The highest BCUT2D eigenvalue weighted by Gasteiger charge is 2.31. The molecule has 0 aliphatic heterocycles. The predicted octanol–water partition coefficient (Wildman–Crippen LogP) is 2.52. The van der Waals surface area contributed by atoms with E-state index in [1.807, 2.05) is 0 Å². The lowest BCUT2D eigenvalue weighted by atomic mass is 9.92. The molecule has 0 amide bonds. The molecule has 5 heteroatoms. The van der Waals surface area contributed by atoms with Gasteiger partial charge in [-0.3, -0.25) is 4.79 Å². The number of aromatic nitrogens is 2. The maximum atomic E-state index is 11.4. The van der Waals surface area contributed by atoms with Crippen LogP contribution in [0.2, 0.25) is 0 Å². The third-order valence-electron chi connectivity index (χ3n) is 3.11. The second-order valence-corrected chi connectivity index (χ2v) is 5.94. The molecule has 2 rings (SSSR count). The Balaban J connectivity index is 2.11. The van der Waals surface area contributed by atoms with Gasteiger partial charge < -0.3 is 10.3 Å². The quantitative estimate of drug-likeness (QED) is 0.878. The molecule has 4 nitrogen and oxygen atoms in total. The SMILES string of the molecule is CC1(C)CCC(Nc2nc[nH]c(=O)c2Br)C1. The topological polar surface area (TPSA) is 57.8 Å². The van der Waals surface area contributed by atoms with E-state index in [0.29, 0.717) is 21.7 Å². The summed E-state index contributed by atoms with van der Waals surface area (Å²) in [5.41, 5.74) is 0.250. The van der Waals surface area contributed by atoms with Gasteiger partial charge >= 0.3 is 0 Å². The lowest BCUT2D eigenvalue weighted by molar-refractivity contribution is 0.378. The summed E-state index contributed by atoms with van der Waals surface area (Å²) in [6, 6.07) is 0.417. The van der Waals surface area contributed by atoms with Crippen molar-refractivity contribution in [2.24, 2.45) is 5.41 Å². The molecule has 1 atom stereocenters. The van der Waals surface area contributed by atoms with E-state index < -0.39 is 0 Å². The minimum atomic E-state index is -0.144. The molecule has 0 bridgehead atoms. The van der Waals surface area contributed by atoms with Crippen LogP contribution in [0, 0.1) is 5.41 Å². The van der Waals surface area contributed by atoms with Crippen LogP contribution in [0.25, 0.3) is 0 Å². The Bertz CT molecular complexity index is 441. The van der Waals surface area contributed by atoms with Crippen molar-refractivity contribution >= 4 is 21.7 Å². The Morgan fingerprint density at radius 3 is 3.00 bits per heavy atom. The molecular weight excluding hydrogens is 270 g/mol. The first-order valence-corrected chi connectivity index (χ1v) is 6.27. The molecule has 2 N–H and O–H groups in total. The molecule has 88 valence electrons. The summed E-state index contributed by atoms with van der Waals surface area (Å²) in [6.07, 6.45) is 4.89. The third kappa shape index (κ3) is 2.45. The summed E-state index contributed by atoms with van der Waals surface area (Å²) in [5.74, 6) is 0.645. The molecule has 0 saturated heterocycles. The monoisotopic (exact) mass is 285 g/mol. The fourth-order valence-corrected chi connectivity index (χ4v) is 2.57. The summed E-state index contributed by atoms with van der Waals surface area (Å²) in [5, 5.41) is 3.33. The average Bonchev–Trinajstić information content (AvgIpc) is 2.53. The molecule has 1 heterocycles. The van der Waals surface area contributed by atoms with Gasteiger partial charge in [-0.2, -0.15) is 0 Å². The second kappa shape index (κ2) is 4.20. The molecule has 1 aromatic rings.